The van der Waals surface area contributed by atoms with E-state index in [-0.39, 0.29) is 5.92 Å². The Morgan fingerprint density at radius 2 is 1.15 bits per heavy atom. The van der Waals surface area contributed by atoms with Crippen LogP contribution in [0.4, 0.5) is 0 Å². The van der Waals surface area contributed by atoms with Gasteiger partial charge in [-0.05, 0) is 28.5 Å². The number of aliphatic carboxylic acids is 1. The summed E-state index contributed by atoms with van der Waals surface area (Å²) in [6.45, 7) is 4.60. The Hall–Kier alpha value is -4.11. The Kier molecular flexibility index (Phi) is 5.54. The number of carbonyl (C=O) groups is 1. The Labute approximate surface area is 200 Å². The molecule has 34 heavy (non-hydrogen) atoms. The first kappa shape index (κ1) is 21.7. The minimum absolute atomic E-state index is 0.146. The average Bonchev–Trinajstić information content (AvgIpc) is 3.23. The third-order valence-corrected chi connectivity index (χ3v) is 7.29. The highest BCUT2D eigenvalue weighted by atomic mass is 16.4. The van der Waals surface area contributed by atoms with Crippen LogP contribution in [0.5, 0.6) is 0 Å². The monoisotopic (exact) mass is 445 g/mol. The van der Waals surface area contributed by atoms with E-state index in [1.165, 1.54) is 0 Å². The molecule has 168 valence electrons. The van der Waals surface area contributed by atoms with Gasteiger partial charge < -0.3 is 10.0 Å². The van der Waals surface area contributed by atoms with Crippen molar-refractivity contribution in [3.05, 3.63) is 156 Å². The van der Waals surface area contributed by atoms with E-state index >= 15 is 0 Å². The van der Waals surface area contributed by atoms with Gasteiger partial charge in [-0.3, -0.25) is 0 Å². The van der Waals surface area contributed by atoms with E-state index in [1.54, 1.807) is 6.20 Å². The summed E-state index contributed by atoms with van der Waals surface area (Å²) in [6.07, 6.45) is 1.70. The third-order valence-electron chi connectivity index (χ3n) is 7.29. The quantitative estimate of drug-likeness (QED) is 0.384. The van der Waals surface area contributed by atoms with Gasteiger partial charge in [0.05, 0.1) is 5.41 Å². The van der Waals surface area contributed by atoms with Gasteiger partial charge in [-0.2, -0.15) is 0 Å². The van der Waals surface area contributed by atoms with E-state index in [2.05, 4.69) is 43.0 Å². The van der Waals surface area contributed by atoms with Crippen molar-refractivity contribution in [2.24, 2.45) is 0 Å². The number of carboxylic acids is 1. The smallest absolute Gasteiger partial charge is 0.335 e. The Balaban J connectivity index is 2.00. The normalized spacial score (nSPS) is 21.2. The largest absolute Gasteiger partial charge is 0.479 e. The lowest BCUT2D eigenvalue weighted by molar-refractivity contribution is -0.151. The molecule has 0 bridgehead atoms. The second-order valence-electron chi connectivity index (χ2n) is 8.72. The van der Waals surface area contributed by atoms with Crippen LogP contribution in [0.3, 0.4) is 0 Å². The van der Waals surface area contributed by atoms with Crippen LogP contribution in [0.25, 0.3) is 0 Å². The number of hydrogen-bond acceptors (Lipinski definition) is 2. The summed E-state index contributed by atoms with van der Waals surface area (Å²) in [5, 5.41) is 11.3. The van der Waals surface area contributed by atoms with Crippen LogP contribution in [-0.4, -0.2) is 22.5 Å². The zero-order valence-corrected chi connectivity index (χ0v) is 18.9. The van der Waals surface area contributed by atoms with Crippen molar-refractivity contribution < 1.29 is 9.90 Å². The number of hydrogen-bond donors (Lipinski definition) is 1. The summed E-state index contributed by atoms with van der Waals surface area (Å²) < 4.78 is 0. The first-order valence-corrected chi connectivity index (χ1v) is 11.5. The van der Waals surface area contributed by atoms with Gasteiger partial charge in [0.15, 0.2) is 5.54 Å². The minimum atomic E-state index is -1.42. The molecule has 0 spiro atoms. The summed E-state index contributed by atoms with van der Waals surface area (Å²) in [7, 11) is 0. The molecule has 1 aliphatic rings. The molecular weight excluding hydrogens is 418 g/mol. The molecule has 1 fully saturated rings. The fourth-order valence-electron chi connectivity index (χ4n) is 6.08. The molecule has 0 aliphatic carbocycles. The summed E-state index contributed by atoms with van der Waals surface area (Å²) >= 11 is 0. The van der Waals surface area contributed by atoms with E-state index < -0.39 is 16.9 Å². The molecule has 1 saturated heterocycles. The van der Waals surface area contributed by atoms with Crippen molar-refractivity contribution in [1.82, 2.24) is 4.90 Å². The van der Waals surface area contributed by atoms with Gasteiger partial charge in [-0.15, -0.1) is 0 Å². The zero-order valence-electron chi connectivity index (χ0n) is 18.9. The van der Waals surface area contributed by atoms with E-state index in [9.17, 15) is 9.90 Å². The summed E-state index contributed by atoms with van der Waals surface area (Å²) in [4.78, 5) is 15.7. The van der Waals surface area contributed by atoms with Crippen LogP contribution in [0.1, 0.15) is 28.2 Å². The Morgan fingerprint density at radius 1 is 0.735 bits per heavy atom. The second kappa shape index (κ2) is 8.68. The lowest BCUT2D eigenvalue weighted by atomic mass is 9.54. The molecule has 1 heterocycles. The minimum Gasteiger partial charge on any atom is -0.479 e. The first-order valence-electron chi connectivity index (χ1n) is 11.5. The molecule has 0 radical (unpaired) electrons. The summed E-state index contributed by atoms with van der Waals surface area (Å²) in [5.41, 5.74) is 1.41. The number of nitrogens with zero attached hydrogens (tertiary/aromatic N) is 1. The van der Waals surface area contributed by atoms with Gasteiger partial charge in [0.2, 0.25) is 0 Å². The van der Waals surface area contributed by atoms with Crippen molar-refractivity contribution in [1.29, 1.82) is 0 Å². The van der Waals surface area contributed by atoms with Crippen LogP contribution >= 0.6 is 0 Å². The number of carboxylic acid groups (broad SMARTS) is 1. The van der Waals surface area contributed by atoms with Crippen LogP contribution in [-0.2, 0) is 15.7 Å². The van der Waals surface area contributed by atoms with Crippen LogP contribution in [0.15, 0.2) is 134 Å². The van der Waals surface area contributed by atoms with E-state index in [0.717, 1.165) is 22.3 Å². The highest BCUT2D eigenvalue weighted by Gasteiger charge is 2.70. The fourth-order valence-corrected chi connectivity index (χ4v) is 6.08. The van der Waals surface area contributed by atoms with Crippen molar-refractivity contribution in [2.45, 2.75) is 16.9 Å². The molecule has 4 aromatic carbocycles. The number of benzene rings is 4. The fraction of sp³-hybridized carbons (Fsp3) is 0.129. The lowest BCUT2D eigenvalue weighted by Crippen LogP contribution is -2.59. The van der Waals surface area contributed by atoms with Crippen molar-refractivity contribution in [3.8, 4) is 0 Å². The maximum atomic E-state index is 13.7. The second-order valence-corrected chi connectivity index (χ2v) is 8.72. The predicted molar refractivity (Wildman–Crippen MR) is 136 cm³/mol. The van der Waals surface area contributed by atoms with E-state index in [0.29, 0.717) is 6.54 Å². The third kappa shape index (κ3) is 2.94. The maximum Gasteiger partial charge on any atom is 0.335 e. The Morgan fingerprint density at radius 3 is 1.56 bits per heavy atom. The molecule has 0 aromatic heterocycles. The van der Waals surface area contributed by atoms with Crippen LogP contribution < -0.4 is 0 Å². The molecule has 4 aromatic rings. The maximum absolute atomic E-state index is 13.7. The van der Waals surface area contributed by atoms with Gasteiger partial charge in [0, 0.05) is 12.5 Å². The molecule has 1 N–H and O–H groups in total. The first-order chi connectivity index (χ1) is 16.7. The number of rotatable bonds is 6. The number of likely N-dealkylation sites (tertiary alicyclic amines) is 1. The zero-order chi connectivity index (χ0) is 23.6. The van der Waals surface area contributed by atoms with Crippen molar-refractivity contribution >= 4 is 5.97 Å². The highest BCUT2D eigenvalue weighted by molar-refractivity contribution is 5.87. The molecule has 3 heteroatoms. The van der Waals surface area contributed by atoms with Gasteiger partial charge >= 0.3 is 5.97 Å². The van der Waals surface area contributed by atoms with Crippen LogP contribution in [0.2, 0.25) is 0 Å². The standard InChI is InChI=1S/C31H27NO2/c1-2-32-23-28(24-15-7-3-8-16-24)30(25-17-9-4-10-18-25,26-19-11-5-12-20-26)31(32,29(33)34)27-21-13-6-14-22-27/h2-22,28H,1,23H2,(H,33,34). The van der Waals surface area contributed by atoms with E-state index in [1.807, 2.05) is 89.8 Å². The van der Waals surface area contributed by atoms with Gasteiger partial charge in [-0.25, -0.2) is 4.79 Å². The SMILES string of the molecule is C=CN1CC(c2ccccc2)C(c2ccccc2)(c2ccccc2)C1(C(=O)O)c1ccccc1. The predicted octanol–water partition coefficient (Wildman–Crippen LogP) is 6.20. The summed E-state index contributed by atoms with van der Waals surface area (Å²) in [5.74, 6) is -1.04. The van der Waals surface area contributed by atoms with Crippen LogP contribution in [0, 0.1) is 0 Å². The molecule has 0 amide bonds. The topological polar surface area (TPSA) is 40.5 Å². The molecular formula is C31H27NO2. The van der Waals surface area contributed by atoms with E-state index in [4.69, 9.17) is 0 Å². The Bertz CT molecular complexity index is 1230. The molecule has 2 unspecified atom stereocenters. The average molecular weight is 446 g/mol. The molecule has 1 aliphatic heterocycles. The highest BCUT2D eigenvalue weighted by Crippen LogP contribution is 2.63. The lowest BCUT2D eigenvalue weighted by Gasteiger charge is -2.49. The van der Waals surface area contributed by atoms with Gasteiger partial charge in [0.1, 0.15) is 0 Å². The molecule has 0 saturated carbocycles. The van der Waals surface area contributed by atoms with Gasteiger partial charge in [-0.1, -0.05) is 128 Å². The van der Waals surface area contributed by atoms with Crippen molar-refractivity contribution in [2.75, 3.05) is 6.54 Å². The molecule has 3 nitrogen and oxygen atoms in total. The van der Waals surface area contributed by atoms with Crippen molar-refractivity contribution in [3.63, 3.8) is 0 Å². The molecule has 2 atom stereocenters. The molecule has 5 rings (SSSR count). The summed E-state index contributed by atoms with van der Waals surface area (Å²) in [6, 6.07) is 40.1. The van der Waals surface area contributed by atoms with Gasteiger partial charge in [0.25, 0.3) is 0 Å².